The SMILES string of the molecule is N#Cc1ccc(NSc2cccc(CBr)c2)cc1. The van der Waals surface area contributed by atoms with Crippen LogP contribution >= 0.6 is 27.9 Å². The molecule has 0 saturated heterocycles. The van der Waals surface area contributed by atoms with Gasteiger partial charge >= 0.3 is 0 Å². The van der Waals surface area contributed by atoms with Crippen LogP contribution in [0.5, 0.6) is 0 Å². The Morgan fingerprint density at radius 3 is 2.61 bits per heavy atom. The zero-order valence-corrected chi connectivity index (χ0v) is 12.0. The van der Waals surface area contributed by atoms with E-state index in [2.05, 4.69) is 44.9 Å². The van der Waals surface area contributed by atoms with Crippen molar-refractivity contribution < 1.29 is 0 Å². The summed E-state index contributed by atoms with van der Waals surface area (Å²) < 4.78 is 3.26. The zero-order chi connectivity index (χ0) is 12.8. The van der Waals surface area contributed by atoms with Crippen LogP contribution in [0.3, 0.4) is 0 Å². The monoisotopic (exact) mass is 318 g/mol. The first-order valence-corrected chi connectivity index (χ1v) is 7.33. The lowest BCUT2D eigenvalue weighted by Gasteiger charge is -2.06. The molecule has 0 fully saturated rings. The molecule has 0 aliphatic rings. The third-order valence-corrected chi connectivity index (χ3v) is 3.83. The van der Waals surface area contributed by atoms with Crippen LogP contribution in [0.2, 0.25) is 0 Å². The van der Waals surface area contributed by atoms with Crippen LogP contribution in [0.1, 0.15) is 11.1 Å². The number of nitrogens with zero attached hydrogens (tertiary/aromatic N) is 1. The molecule has 2 aromatic rings. The van der Waals surface area contributed by atoms with E-state index >= 15 is 0 Å². The van der Waals surface area contributed by atoms with E-state index in [-0.39, 0.29) is 0 Å². The van der Waals surface area contributed by atoms with Crippen LogP contribution in [-0.2, 0) is 5.33 Å². The minimum atomic E-state index is 0.673. The molecular weight excluding hydrogens is 308 g/mol. The van der Waals surface area contributed by atoms with Crippen LogP contribution < -0.4 is 4.72 Å². The highest BCUT2D eigenvalue weighted by Gasteiger charge is 1.97. The molecule has 1 N–H and O–H groups in total. The molecule has 0 aromatic heterocycles. The van der Waals surface area contributed by atoms with Crippen molar-refractivity contribution in [3.8, 4) is 6.07 Å². The Morgan fingerprint density at radius 1 is 1.17 bits per heavy atom. The van der Waals surface area contributed by atoms with Crippen LogP contribution in [0.25, 0.3) is 0 Å². The van der Waals surface area contributed by atoms with Gasteiger partial charge in [-0.3, -0.25) is 0 Å². The van der Waals surface area contributed by atoms with Crippen molar-refractivity contribution >= 4 is 33.6 Å². The minimum Gasteiger partial charge on any atom is -0.326 e. The third kappa shape index (κ3) is 3.52. The maximum Gasteiger partial charge on any atom is 0.0991 e. The first-order chi connectivity index (χ1) is 8.81. The molecule has 0 heterocycles. The zero-order valence-electron chi connectivity index (χ0n) is 9.56. The van der Waals surface area contributed by atoms with Gasteiger partial charge in [-0.25, -0.2) is 0 Å². The summed E-state index contributed by atoms with van der Waals surface area (Å²) in [4.78, 5) is 1.16. The van der Waals surface area contributed by atoms with Gasteiger partial charge in [0.2, 0.25) is 0 Å². The summed E-state index contributed by atoms with van der Waals surface area (Å²) in [5.41, 5.74) is 2.91. The van der Waals surface area contributed by atoms with Crippen molar-refractivity contribution in [1.82, 2.24) is 0 Å². The number of nitriles is 1. The molecule has 2 nitrogen and oxygen atoms in total. The molecular formula is C14H11BrN2S. The molecule has 0 unspecified atom stereocenters. The van der Waals surface area contributed by atoms with Crippen LogP contribution in [0.15, 0.2) is 53.4 Å². The number of alkyl halides is 1. The van der Waals surface area contributed by atoms with Gasteiger partial charge in [-0.1, -0.05) is 28.1 Å². The van der Waals surface area contributed by atoms with E-state index in [0.29, 0.717) is 5.56 Å². The molecule has 0 spiro atoms. The number of hydrogen-bond acceptors (Lipinski definition) is 3. The summed E-state index contributed by atoms with van der Waals surface area (Å²) >= 11 is 5.01. The Labute approximate surface area is 119 Å². The van der Waals surface area contributed by atoms with Crippen LogP contribution in [0, 0.1) is 11.3 Å². The van der Waals surface area contributed by atoms with Gasteiger partial charge in [0.25, 0.3) is 0 Å². The van der Waals surface area contributed by atoms with Gasteiger partial charge in [0.1, 0.15) is 0 Å². The predicted octanol–water partition coefficient (Wildman–Crippen LogP) is 4.57. The normalized spacial score (nSPS) is 9.78. The second kappa shape index (κ2) is 6.48. The second-order valence-electron chi connectivity index (χ2n) is 3.67. The summed E-state index contributed by atoms with van der Waals surface area (Å²) in [7, 11) is 0. The fourth-order valence-electron chi connectivity index (χ4n) is 1.42. The Balaban J connectivity index is 2.00. The summed E-state index contributed by atoms with van der Waals surface area (Å²) in [6, 6.07) is 17.8. The van der Waals surface area contributed by atoms with Crippen LogP contribution in [0.4, 0.5) is 5.69 Å². The molecule has 90 valence electrons. The molecule has 2 rings (SSSR count). The molecule has 0 atom stereocenters. The number of rotatable bonds is 4. The van der Waals surface area contributed by atoms with Crippen molar-refractivity contribution in [1.29, 1.82) is 5.26 Å². The Morgan fingerprint density at radius 2 is 1.94 bits per heavy atom. The Bertz CT molecular complexity index is 561. The lowest BCUT2D eigenvalue weighted by Crippen LogP contribution is -1.87. The van der Waals surface area contributed by atoms with Crippen molar-refractivity contribution in [2.24, 2.45) is 0 Å². The predicted molar refractivity (Wildman–Crippen MR) is 79.7 cm³/mol. The first-order valence-electron chi connectivity index (χ1n) is 5.40. The third-order valence-electron chi connectivity index (χ3n) is 2.35. The molecule has 0 amide bonds. The second-order valence-corrected chi connectivity index (χ2v) is 5.11. The van der Waals surface area contributed by atoms with E-state index in [1.165, 1.54) is 5.56 Å². The van der Waals surface area contributed by atoms with Gasteiger partial charge in [-0.2, -0.15) is 5.26 Å². The summed E-state index contributed by atoms with van der Waals surface area (Å²) in [5, 5.41) is 9.57. The standard InChI is InChI=1S/C14H11BrN2S/c15-9-12-2-1-3-14(8-12)18-17-13-6-4-11(10-16)5-7-13/h1-8,17H,9H2. The molecule has 18 heavy (non-hydrogen) atoms. The lowest BCUT2D eigenvalue weighted by molar-refractivity contribution is 1.34. The Kier molecular flexibility index (Phi) is 4.68. The average molecular weight is 319 g/mol. The Hall–Kier alpha value is -1.44. The van der Waals surface area contributed by atoms with Gasteiger partial charge in [0, 0.05) is 15.9 Å². The number of nitrogens with one attached hydrogen (secondary N) is 1. The lowest BCUT2D eigenvalue weighted by atomic mass is 10.2. The summed E-state index contributed by atoms with van der Waals surface area (Å²) in [6.45, 7) is 0. The summed E-state index contributed by atoms with van der Waals surface area (Å²) in [6.07, 6.45) is 0. The van der Waals surface area contributed by atoms with E-state index in [1.807, 2.05) is 18.2 Å². The number of benzene rings is 2. The topological polar surface area (TPSA) is 35.8 Å². The smallest absolute Gasteiger partial charge is 0.0991 e. The first kappa shape index (κ1) is 13.0. The van der Waals surface area contributed by atoms with Crippen LogP contribution in [-0.4, -0.2) is 0 Å². The summed E-state index contributed by atoms with van der Waals surface area (Å²) in [5.74, 6) is 0. The highest BCUT2D eigenvalue weighted by molar-refractivity contribution is 9.08. The van der Waals surface area contributed by atoms with E-state index < -0.39 is 0 Å². The fourth-order valence-corrected chi connectivity index (χ4v) is 2.50. The van der Waals surface area contributed by atoms with E-state index in [1.54, 1.807) is 24.1 Å². The van der Waals surface area contributed by atoms with Gasteiger partial charge in [0.15, 0.2) is 0 Å². The minimum absolute atomic E-state index is 0.673. The molecule has 0 bridgehead atoms. The number of hydrogen-bond donors (Lipinski definition) is 1. The molecule has 0 aliphatic heterocycles. The highest BCUT2D eigenvalue weighted by Crippen LogP contribution is 2.22. The molecule has 0 radical (unpaired) electrons. The highest BCUT2D eigenvalue weighted by atomic mass is 79.9. The largest absolute Gasteiger partial charge is 0.326 e. The fraction of sp³-hybridized carbons (Fsp3) is 0.0714. The number of anilines is 1. The van der Waals surface area contributed by atoms with Gasteiger partial charge in [-0.15, -0.1) is 0 Å². The van der Waals surface area contributed by atoms with Crippen molar-refractivity contribution in [2.45, 2.75) is 10.2 Å². The molecule has 0 saturated carbocycles. The van der Waals surface area contributed by atoms with Gasteiger partial charge in [-0.05, 0) is 53.9 Å². The number of halogens is 1. The average Bonchev–Trinajstić information content (AvgIpc) is 2.46. The van der Waals surface area contributed by atoms with Gasteiger partial charge < -0.3 is 4.72 Å². The maximum absolute atomic E-state index is 8.71. The van der Waals surface area contributed by atoms with Crippen molar-refractivity contribution in [3.63, 3.8) is 0 Å². The van der Waals surface area contributed by atoms with Gasteiger partial charge in [0.05, 0.1) is 11.6 Å². The van der Waals surface area contributed by atoms with Crippen molar-refractivity contribution in [3.05, 3.63) is 59.7 Å². The van der Waals surface area contributed by atoms with E-state index in [9.17, 15) is 0 Å². The quantitative estimate of drug-likeness (QED) is 0.662. The molecule has 4 heteroatoms. The maximum atomic E-state index is 8.71. The van der Waals surface area contributed by atoms with E-state index in [4.69, 9.17) is 5.26 Å². The van der Waals surface area contributed by atoms with Crippen molar-refractivity contribution in [2.75, 3.05) is 4.72 Å². The van der Waals surface area contributed by atoms with E-state index in [0.717, 1.165) is 15.9 Å². The molecule has 2 aromatic carbocycles. The molecule has 0 aliphatic carbocycles.